The first-order valence-electron chi connectivity index (χ1n) is 9.79. The van der Waals surface area contributed by atoms with Crippen LogP contribution in [0.1, 0.15) is 65.7 Å². The lowest BCUT2D eigenvalue weighted by Crippen LogP contribution is -2.72. The van der Waals surface area contributed by atoms with Crippen molar-refractivity contribution in [3.63, 3.8) is 0 Å². The molecule has 0 unspecified atom stereocenters. The number of epoxide rings is 1. The molecule has 2 spiro atoms. The van der Waals surface area contributed by atoms with E-state index in [1.54, 1.807) is 0 Å². The summed E-state index contributed by atoms with van der Waals surface area (Å²) in [5.41, 5.74) is 1.06. The summed E-state index contributed by atoms with van der Waals surface area (Å²) in [7, 11) is 0. The van der Waals surface area contributed by atoms with Crippen LogP contribution in [0.2, 0.25) is 0 Å². The average Bonchev–Trinajstić information content (AvgIpc) is 3.27. The molecule has 4 aliphatic carbocycles. The fourth-order valence-corrected chi connectivity index (χ4v) is 8.76. The minimum Gasteiger partial charge on any atom is -0.368 e. The predicted octanol–water partition coefficient (Wildman–Crippen LogP) is 3.50. The molecular formula is C20H30O3. The Kier molecular flexibility index (Phi) is 2.17. The van der Waals surface area contributed by atoms with Crippen LogP contribution in [-0.4, -0.2) is 29.7 Å². The van der Waals surface area contributed by atoms with Crippen LogP contribution in [0.3, 0.4) is 0 Å². The van der Waals surface area contributed by atoms with E-state index in [4.69, 9.17) is 9.47 Å². The molecule has 7 aliphatic rings. The van der Waals surface area contributed by atoms with Crippen LogP contribution in [0, 0.1) is 33.5 Å². The first-order chi connectivity index (χ1) is 10.8. The van der Waals surface area contributed by atoms with Crippen molar-refractivity contribution < 1.29 is 14.6 Å². The van der Waals surface area contributed by atoms with E-state index in [-0.39, 0.29) is 5.41 Å². The van der Waals surface area contributed by atoms with Gasteiger partial charge in [-0.05, 0) is 55.8 Å². The van der Waals surface area contributed by atoms with Gasteiger partial charge in [0.15, 0.2) is 5.79 Å². The van der Waals surface area contributed by atoms with Gasteiger partial charge in [-0.2, -0.15) is 0 Å². The van der Waals surface area contributed by atoms with Gasteiger partial charge in [0, 0.05) is 22.7 Å². The Morgan fingerprint density at radius 2 is 1.65 bits per heavy atom. The highest BCUT2D eigenvalue weighted by Gasteiger charge is 2.80. The Morgan fingerprint density at radius 1 is 0.870 bits per heavy atom. The molecule has 0 aromatic carbocycles. The van der Waals surface area contributed by atoms with Crippen molar-refractivity contribution in [3.05, 3.63) is 0 Å². The second kappa shape index (κ2) is 3.54. The van der Waals surface area contributed by atoms with E-state index in [9.17, 15) is 5.11 Å². The van der Waals surface area contributed by atoms with Gasteiger partial charge < -0.3 is 14.6 Å². The van der Waals surface area contributed by atoms with Gasteiger partial charge in [-0.25, -0.2) is 0 Å². The number of hydrogen-bond donors (Lipinski definition) is 1. The molecule has 0 radical (unpaired) electrons. The van der Waals surface area contributed by atoms with Crippen LogP contribution in [-0.2, 0) is 9.47 Å². The Labute approximate surface area is 139 Å². The first-order valence-corrected chi connectivity index (χ1v) is 9.79. The zero-order chi connectivity index (χ0) is 15.9. The van der Waals surface area contributed by atoms with Crippen LogP contribution >= 0.6 is 0 Å². The third kappa shape index (κ3) is 1.26. The number of fused-ring (bicyclic) bond motifs is 5. The van der Waals surface area contributed by atoms with Gasteiger partial charge in [0.2, 0.25) is 0 Å². The second-order valence-corrected chi connectivity index (χ2v) is 10.8. The minimum absolute atomic E-state index is 0.117. The Bertz CT molecular complexity index is 590. The number of ether oxygens (including phenoxy) is 2. The summed E-state index contributed by atoms with van der Waals surface area (Å²) in [6, 6.07) is 0. The van der Waals surface area contributed by atoms with Crippen molar-refractivity contribution in [1.29, 1.82) is 0 Å². The van der Waals surface area contributed by atoms with Gasteiger partial charge >= 0.3 is 0 Å². The zero-order valence-corrected chi connectivity index (χ0v) is 14.7. The highest BCUT2D eigenvalue weighted by atomic mass is 16.6. The van der Waals surface area contributed by atoms with Crippen molar-refractivity contribution in [2.45, 2.75) is 83.7 Å². The summed E-state index contributed by atoms with van der Waals surface area (Å²) in [6.07, 6.45) is 9.76. The molecule has 23 heavy (non-hydrogen) atoms. The van der Waals surface area contributed by atoms with Crippen molar-refractivity contribution in [1.82, 2.24) is 0 Å². The summed E-state index contributed by atoms with van der Waals surface area (Å²) >= 11 is 0. The molecule has 8 atom stereocenters. The van der Waals surface area contributed by atoms with E-state index in [2.05, 4.69) is 20.8 Å². The molecule has 3 heterocycles. The normalized spacial score (nSPS) is 67.3. The standard InChI is InChI=1S/C20H30O3/c1-16(2)12-5-7-18-10-17(3,14-15(18)23-14)6-4-13(18)19(12)8-9-20(16,21)22-11-19/h12-15,21H,4-11H2,1-3H3/t12-,13-,14+,15-,17-,18+,19+,20-/m0/s1. The van der Waals surface area contributed by atoms with E-state index in [0.717, 1.165) is 25.4 Å². The molecule has 3 saturated heterocycles. The Morgan fingerprint density at radius 3 is 2.39 bits per heavy atom. The third-order valence-electron chi connectivity index (χ3n) is 9.85. The second-order valence-electron chi connectivity index (χ2n) is 10.8. The molecule has 7 fully saturated rings. The lowest BCUT2D eigenvalue weighted by atomic mass is 9.38. The van der Waals surface area contributed by atoms with Crippen molar-refractivity contribution in [2.24, 2.45) is 33.5 Å². The zero-order valence-electron chi connectivity index (χ0n) is 14.7. The monoisotopic (exact) mass is 318 g/mol. The molecule has 128 valence electrons. The molecule has 0 aromatic rings. The van der Waals surface area contributed by atoms with Gasteiger partial charge in [-0.3, -0.25) is 0 Å². The fourth-order valence-electron chi connectivity index (χ4n) is 8.76. The topological polar surface area (TPSA) is 42.0 Å². The van der Waals surface area contributed by atoms with Gasteiger partial charge in [0.1, 0.15) is 0 Å². The molecule has 4 bridgehead atoms. The molecule has 3 heteroatoms. The van der Waals surface area contributed by atoms with E-state index in [0.29, 0.717) is 34.4 Å². The van der Waals surface area contributed by atoms with E-state index in [1.165, 1.54) is 32.1 Å². The largest absolute Gasteiger partial charge is 0.368 e. The summed E-state index contributed by atoms with van der Waals surface area (Å²) in [5.74, 6) is 0.477. The molecule has 0 aromatic heterocycles. The van der Waals surface area contributed by atoms with Crippen molar-refractivity contribution in [2.75, 3.05) is 6.61 Å². The molecule has 3 nitrogen and oxygen atoms in total. The van der Waals surface area contributed by atoms with Gasteiger partial charge in [-0.15, -0.1) is 0 Å². The number of aliphatic hydroxyl groups is 1. The first kappa shape index (κ1) is 14.1. The highest BCUT2D eigenvalue weighted by molar-refractivity contribution is 5.27. The maximum absolute atomic E-state index is 11.1. The van der Waals surface area contributed by atoms with E-state index >= 15 is 0 Å². The van der Waals surface area contributed by atoms with Crippen LogP contribution in [0.4, 0.5) is 0 Å². The summed E-state index contributed by atoms with van der Waals surface area (Å²) in [5, 5.41) is 11.1. The van der Waals surface area contributed by atoms with E-state index in [1.807, 2.05) is 0 Å². The minimum atomic E-state index is -0.888. The van der Waals surface area contributed by atoms with Crippen LogP contribution in [0.15, 0.2) is 0 Å². The molecule has 3 aliphatic heterocycles. The van der Waals surface area contributed by atoms with Crippen LogP contribution in [0.25, 0.3) is 0 Å². The Hall–Kier alpha value is -0.120. The quantitative estimate of drug-likeness (QED) is 0.695. The lowest BCUT2D eigenvalue weighted by Gasteiger charge is -2.71. The number of hydrogen-bond acceptors (Lipinski definition) is 3. The molecule has 4 saturated carbocycles. The predicted molar refractivity (Wildman–Crippen MR) is 85.6 cm³/mol. The Balaban J connectivity index is 1.49. The van der Waals surface area contributed by atoms with Crippen LogP contribution in [0.5, 0.6) is 0 Å². The van der Waals surface area contributed by atoms with Gasteiger partial charge in [-0.1, -0.05) is 20.8 Å². The SMILES string of the molecule is CC1(C)[C@@H]2CC[C@@]34C[C@](C)(CC[C@@H]3[C@@]23CC[C@]1(O)OC3)[C@@H]1O[C@@H]14. The van der Waals surface area contributed by atoms with Crippen molar-refractivity contribution >= 4 is 0 Å². The highest BCUT2D eigenvalue weighted by Crippen LogP contribution is 2.79. The summed E-state index contributed by atoms with van der Waals surface area (Å²) in [6.45, 7) is 7.80. The summed E-state index contributed by atoms with van der Waals surface area (Å²) in [4.78, 5) is 0. The smallest absolute Gasteiger partial charge is 0.170 e. The number of rotatable bonds is 0. The third-order valence-corrected chi connectivity index (χ3v) is 9.85. The van der Waals surface area contributed by atoms with Crippen LogP contribution < -0.4 is 0 Å². The molecule has 0 amide bonds. The maximum atomic E-state index is 11.1. The maximum Gasteiger partial charge on any atom is 0.170 e. The van der Waals surface area contributed by atoms with E-state index < -0.39 is 5.79 Å². The molecule has 7 rings (SSSR count). The fraction of sp³-hybridized carbons (Fsp3) is 1.00. The van der Waals surface area contributed by atoms with Crippen molar-refractivity contribution in [3.8, 4) is 0 Å². The molecular weight excluding hydrogens is 288 g/mol. The average molecular weight is 318 g/mol. The molecule has 1 N–H and O–H groups in total. The lowest BCUT2D eigenvalue weighted by molar-refractivity contribution is -0.395. The van der Waals surface area contributed by atoms with Gasteiger partial charge in [0.25, 0.3) is 0 Å². The summed E-state index contributed by atoms with van der Waals surface area (Å²) < 4.78 is 12.4. The van der Waals surface area contributed by atoms with Gasteiger partial charge in [0.05, 0.1) is 18.8 Å².